The standard InChI is InChI=1S/C17H31N/c1-6-17(10-8-7-9-11-17)13-18-16(5)15(4)12-14(2)3/h15,18H,2,5-13H2,1,3-4H3/t15-/m0/s1. The molecule has 1 aliphatic carbocycles. The zero-order valence-electron chi connectivity index (χ0n) is 12.6. The average Bonchev–Trinajstić information content (AvgIpc) is 2.36. The number of allylic oxidation sites excluding steroid dienone is 2. The van der Waals surface area contributed by atoms with Crippen molar-refractivity contribution >= 4 is 0 Å². The Hall–Kier alpha value is -0.720. The molecule has 18 heavy (non-hydrogen) atoms. The first-order chi connectivity index (χ1) is 8.49. The molecule has 1 fully saturated rings. The molecule has 0 heterocycles. The van der Waals surface area contributed by atoms with Crippen molar-refractivity contribution in [1.29, 1.82) is 0 Å². The molecule has 1 N–H and O–H groups in total. The van der Waals surface area contributed by atoms with Crippen molar-refractivity contribution in [3.05, 3.63) is 24.4 Å². The van der Waals surface area contributed by atoms with Gasteiger partial charge in [0.2, 0.25) is 0 Å². The minimum Gasteiger partial charge on any atom is -0.388 e. The van der Waals surface area contributed by atoms with Gasteiger partial charge >= 0.3 is 0 Å². The lowest BCUT2D eigenvalue weighted by Crippen LogP contribution is -2.36. The van der Waals surface area contributed by atoms with Crippen molar-refractivity contribution in [2.24, 2.45) is 11.3 Å². The van der Waals surface area contributed by atoms with Gasteiger partial charge < -0.3 is 5.32 Å². The quantitative estimate of drug-likeness (QED) is 0.622. The van der Waals surface area contributed by atoms with Crippen LogP contribution in [-0.4, -0.2) is 6.54 Å². The third kappa shape index (κ3) is 4.51. The lowest BCUT2D eigenvalue weighted by molar-refractivity contribution is 0.178. The highest BCUT2D eigenvalue weighted by molar-refractivity contribution is 5.04. The molecular weight excluding hydrogens is 218 g/mol. The Labute approximate surface area is 114 Å². The molecule has 1 saturated carbocycles. The topological polar surface area (TPSA) is 12.0 Å². The molecule has 1 atom stereocenters. The maximum atomic E-state index is 4.21. The Kier molecular flexibility index (Phi) is 5.98. The Balaban J connectivity index is 2.42. The van der Waals surface area contributed by atoms with E-state index >= 15 is 0 Å². The fourth-order valence-electron chi connectivity index (χ4n) is 3.08. The maximum absolute atomic E-state index is 4.21. The van der Waals surface area contributed by atoms with E-state index in [-0.39, 0.29) is 0 Å². The van der Waals surface area contributed by atoms with Gasteiger partial charge in [-0.3, -0.25) is 0 Å². The van der Waals surface area contributed by atoms with E-state index in [1.54, 1.807) is 0 Å². The molecule has 0 aliphatic heterocycles. The maximum Gasteiger partial charge on any atom is 0.0200 e. The van der Waals surface area contributed by atoms with Gasteiger partial charge in [-0.25, -0.2) is 0 Å². The monoisotopic (exact) mass is 249 g/mol. The molecule has 0 bridgehead atoms. The van der Waals surface area contributed by atoms with Gasteiger partial charge in [-0.2, -0.15) is 0 Å². The molecule has 0 radical (unpaired) electrons. The van der Waals surface area contributed by atoms with E-state index in [1.165, 1.54) is 49.8 Å². The van der Waals surface area contributed by atoms with E-state index in [0.717, 1.165) is 13.0 Å². The van der Waals surface area contributed by atoms with Crippen LogP contribution in [0, 0.1) is 11.3 Å². The first-order valence-corrected chi connectivity index (χ1v) is 7.56. The normalized spacial score (nSPS) is 20.2. The van der Waals surface area contributed by atoms with Crippen molar-refractivity contribution in [3.63, 3.8) is 0 Å². The summed E-state index contributed by atoms with van der Waals surface area (Å²) in [5.41, 5.74) is 2.97. The smallest absolute Gasteiger partial charge is 0.0200 e. The van der Waals surface area contributed by atoms with Crippen LogP contribution < -0.4 is 5.32 Å². The summed E-state index contributed by atoms with van der Waals surface area (Å²) >= 11 is 0. The van der Waals surface area contributed by atoms with Crippen molar-refractivity contribution in [1.82, 2.24) is 5.32 Å². The highest BCUT2D eigenvalue weighted by Gasteiger charge is 2.30. The van der Waals surface area contributed by atoms with Crippen LogP contribution >= 0.6 is 0 Å². The van der Waals surface area contributed by atoms with Gasteiger partial charge in [0.15, 0.2) is 0 Å². The van der Waals surface area contributed by atoms with Crippen molar-refractivity contribution < 1.29 is 0 Å². The Bertz CT molecular complexity index is 284. The highest BCUT2D eigenvalue weighted by Crippen LogP contribution is 2.38. The predicted octanol–water partition coefficient (Wildman–Crippen LogP) is 5.05. The molecule has 0 saturated heterocycles. The van der Waals surface area contributed by atoms with Crippen LogP contribution in [0.15, 0.2) is 24.4 Å². The second-order valence-electron chi connectivity index (χ2n) is 6.36. The van der Waals surface area contributed by atoms with Crippen LogP contribution in [0.25, 0.3) is 0 Å². The summed E-state index contributed by atoms with van der Waals surface area (Å²) in [5, 5.41) is 3.61. The summed E-state index contributed by atoms with van der Waals surface area (Å²) in [6, 6.07) is 0. The molecule has 1 rings (SSSR count). The summed E-state index contributed by atoms with van der Waals surface area (Å²) in [5.74, 6) is 0.500. The van der Waals surface area contributed by atoms with Crippen LogP contribution in [0.2, 0.25) is 0 Å². The minimum absolute atomic E-state index is 0.500. The lowest BCUT2D eigenvalue weighted by atomic mass is 9.72. The Morgan fingerprint density at radius 1 is 1.22 bits per heavy atom. The van der Waals surface area contributed by atoms with E-state index in [2.05, 4.69) is 39.2 Å². The van der Waals surface area contributed by atoms with Crippen molar-refractivity contribution in [2.45, 2.75) is 65.7 Å². The van der Waals surface area contributed by atoms with E-state index in [4.69, 9.17) is 0 Å². The second kappa shape index (κ2) is 7.01. The van der Waals surface area contributed by atoms with Gasteiger partial charge in [-0.05, 0) is 43.9 Å². The van der Waals surface area contributed by atoms with Gasteiger partial charge in [0, 0.05) is 12.2 Å². The SMILES string of the molecule is C=C(C)C[C@H](C)C(=C)NCC1(CC)CCCCC1. The number of rotatable bonds is 7. The minimum atomic E-state index is 0.500. The van der Waals surface area contributed by atoms with Gasteiger partial charge in [0.1, 0.15) is 0 Å². The van der Waals surface area contributed by atoms with Gasteiger partial charge in [0.05, 0.1) is 0 Å². The summed E-state index contributed by atoms with van der Waals surface area (Å²) in [6.45, 7) is 16.0. The Morgan fingerprint density at radius 3 is 2.33 bits per heavy atom. The van der Waals surface area contributed by atoms with Gasteiger partial charge in [-0.1, -0.05) is 45.3 Å². The van der Waals surface area contributed by atoms with Crippen molar-refractivity contribution in [3.8, 4) is 0 Å². The van der Waals surface area contributed by atoms with Gasteiger partial charge in [-0.15, -0.1) is 6.58 Å². The molecule has 1 nitrogen and oxygen atoms in total. The molecule has 0 amide bonds. The number of hydrogen-bond donors (Lipinski definition) is 1. The van der Waals surface area contributed by atoms with E-state index < -0.39 is 0 Å². The molecular formula is C17H31N. The fourth-order valence-corrected chi connectivity index (χ4v) is 3.08. The molecule has 0 aromatic heterocycles. The lowest BCUT2D eigenvalue weighted by Gasteiger charge is -2.37. The first kappa shape index (κ1) is 15.3. The van der Waals surface area contributed by atoms with E-state index in [0.29, 0.717) is 11.3 Å². The summed E-state index contributed by atoms with van der Waals surface area (Å²) in [7, 11) is 0. The van der Waals surface area contributed by atoms with Crippen LogP contribution in [0.4, 0.5) is 0 Å². The number of nitrogens with one attached hydrogen (secondary N) is 1. The van der Waals surface area contributed by atoms with E-state index in [9.17, 15) is 0 Å². The third-order valence-corrected chi connectivity index (χ3v) is 4.60. The van der Waals surface area contributed by atoms with Crippen LogP contribution in [0.3, 0.4) is 0 Å². The van der Waals surface area contributed by atoms with Crippen LogP contribution in [0.1, 0.15) is 65.7 Å². The van der Waals surface area contributed by atoms with Gasteiger partial charge in [0.25, 0.3) is 0 Å². The largest absolute Gasteiger partial charge is 0.388 e. The molecule has 1 heteroatoms. The number of hydrogen-bond acceptors (Lipinski definition) is 1. The molecule has 0 aromatic carbocycles. The zero-order chi connectivity index (χ0) is 13.6. The molecule has 104 valence electrons. The second-order valence-corrected chi connectivity index (χ2v) is 6.36. The summed E-state index contributed by atoms with van der Waals surface area (Å²) < 4.78 is 0. The average molecular weight is 249 g/mol. The summed E-state index contributed by atoms with van der Waals surface area (Å²) in [4.78, 5) is 0. The van der Waals surface area contributed by atoms with E-state index in [1.807, 2.05) is 0 Å². The van der Waals surface area contributed by atoms with Crippen molar-refractivity contribution in [2.75, 3.05) is 6.54 Å². The zero-order valence-corrected chi connectivity index (χ0v) is 12.6. The molecule has 0 aromatic rings. The van der Waals surface area contributed by atoms with Crippen LogP contribution in [0.5, 0.6) is 0 Å². The Morgan fingerprint density at radius 2 is 1.83 bits per heavy atom. The molecule has 1 aliphatic rings. The first-order valence-electron chi connectivity index (χ1n) is 7.56. The third-order valence-electron chi connectivity index (χ3n) is 4.60. The summed E-state index contributed by atoms with van der Waals surface area (Å²) in [6.07, 6.45) is 9.35. The highest BCUT2D eigenvalue weighted by atomic mass is 14.9. The fraction of sp³-hybridized carbons (Fsp3) is 0.765. The molecule has 0 spiro atoms. The molecule has 0 unspecified atom stereocenters. The predicted molar refractivity (Wildman–Crippen MR) is 81.5 cm³/mol. The van der Waals surface area contributed by atoms with Crippen LogP contribution in [-0.2, 0) is 0 Å².